The number of hydrogen-bond acceptors (Lipinski definition) is 4. The van der Waals surface area contributed by atoms with Crippen LogP contribution in [-0.2, 0) is 4.74 Å². The Morgan fingerprint density at radius 2 is 2.26 bits per heavy atom. The first-order valence-corrected chi connectivity index (χ1v) is 7.60. The number of benzene rings is 1. The van der Waals surface area contributed by atoms with Gasteiger partial charge in [0.25, 0.3) is 0 Å². The molecule has 6 heteroatoms. The summed E-state index contributed by atoms with van der Waals surface area (Å²) in [5, 5.41) is 7.51. The zero-order valence-electron chi connectivity index (χ0n) is 10.0. The van der Waals surface area contributed by atoms with E-state index >= 15 is 0 Å². The van der Waals surface area contributed by atoms with E-state index in [1.165, 1.54) is 0 Å². The molecule has 1 aliphatic rings. The van der Waals surface area contributed by atoms with Gasteiger partial charge in [-0.3, -0.25) is 0 Å². The van der Waals surface area contributed by atoms with Gasteiger partial charge >= 0.3 is 0 Å². The maximum Gasteiger partial charge on any atom is 0.113 e. The molecule has 0 bridgehead atoms. The summed E-state index contributed by atoms with van der Waals surface area (Å²) in [5.74, 6) is 0. The van der Waals surface area contributed by atoms with Crippen LogP contribution in [0, 0.1) is 0 Å². The van der Waals surface area contributed by atoms with Crippen molar-refractivity contribution in [1.82, 2.24) is 10.3 Å². The van der Waals surface area contributed by atoms with Crippen LogP contribution in [0.2, 0.25) is 10.0 Å². The fraction of sp³-hybridized carbons (Fsp3) is 0.308. The Kier molecular flexibility index (Phi) is 4.05. The average Bonchev–Trinajstić information content (AvgIpc) is 2.92. The van der Waals surface area contributed by atoms with Crippen molar-refractivity contribution in [3.63, 3.8) is 0 Å². The molecule has 1 atom stereocenters. The summed E-state index contributed by atoms with van der Waals surface area (Å²) in [6, 6.07) is 5.75. The molecular formula is C13H12Cl2N2OS. The third-order valence-corrected chi connectivity index (χ3v) is 4.75. The molecule has 3 nitrogen and oxygen atoms in total. The average molecular weight is 315 g/mol. The molecule has 1 saturated heterocycles. The number of nitrogens with zero attached hydrogens (tertiary/aromatic N) is 1. The minimum absolute atomic E-state index is 0.172. The van der Waals surface area contributed by atoms with E-state index in [2.05, 4.69) is 10.3 Å². The predicted molar refractivity (Wildman–Crippen MR) is 79.1 cm³/mol. The fourth-order valence-electron chi connectivity index (χ4n) is 2.00. The second kappa shape index (κ2) is 5.77. The van der Waals surface area contributed by atoms with E-state index in [1.54, 1.807) is 17.4 Å². The van der Waals surface area contributed by atoms with Gasteiger partial charge in [-0.05, 0) is 6.07 Å². The van der Waals surface area contributed by atoms with Crippen LogP contribution in [0.4, 0.5) is 0 Å². The van der Waals surface area contributed by atoms with Crippen LogP contribution in [0.15, 0.2) is 23.6 Å². The number of nitrogens with one attached hydrogen (secondary N) is 1. The second-order valence-corrected chi connectivity index (χ2v) is 5.93. The van der Waals surface area contributed by atoms with Gasteiger partial charge in [0.15, 0.2) is 0 Å². The quantitative estimate of drug-likeness (QED) is 0.916. The molecule has 1 aromatic carbocycles. The molecule has 0 amide bonds. The Bertz CT molecular complexity index is 582. The van der Waals surface area contributed by atoms with Gasteiger partial charge in [-0.1, -0.05) is 35.3 Å². The second-order valence-electron chi connectivity index (χ2n) is 4.25. The molecule has 1 aliphatic heterocycles. The van der Waals surface area contributed by atoms with Gasteiger partial charge in [-0.2, -0.15) is 0 Å². The lowest BCUT2D eigenvalue weighted by Crippen LogP contribution is -2.34. The van der Waals surface area contributed by atoms with Gasteiger partial charge in [0.1, 0.15) is 5.01 Å². The van der Waals surface area contributed by atoms with E-state index in [9.17, 15) is 0 Å². The largest absolute Gasteiger partial charge is 0.378 e. The van der Waals surface area contributed by atoms with E-state index in [0.717, 1.165) is 29.4 Å². The molecule has 1 fully saturated rings. The molecule has 2 aromatic rings. The maximum absolute atomic E-state index is 6.22. The van der Waals surface area contributed by atoms with E-state index in [-0.39, 0.29) is 6.04 Å². The van der Waals surface area contributed by atoms with E-state index < -0.39 is 0 Å². The topological polar surface area (TPSA) is 34.1 Å². The summed E-state index contributed by atoms with van der Waals surface area (Å²) >= 11 is 13.9. The summed E-state index contributed by atoms with van der Waals surface area (Å²) in [6.07, 6.45) is 0. The molecule has 1 N–H and O–H groups in total. The zero-order chi connectivity index (χ0) is 13.2. The van der Waals surface area contributed by atoms with Crippen molar-refractivity contribution >= 4 is 34.5 Å². The van der Waals surface area contributed by atoms with Crippen molar-refractivity contribution in [3.05, 3.63) is 38.6 Å². The smallest absolute Gasteiger partial charge is 0.113 e. The number of morpholine rings is 1. The number of ether oxygens (including phenoxy) is 1. The highest BCUT2D eigenvalue weighted by atomic mass is 35.5. The Morgan fingerprint density at radius 1 is 1.37 bits per heavy atom. The summed E-state index contributed by atoms with van der Waals surface area (Å²) < 4.78 is 5.45. The monoisotopic (exact) mass is 314 g/mol. The number of hydrogen-bond donors (Lipinski definition) is 1. The lowest BCUT2D eigenvalue weighted by atomic mass is 10.2. The van der Waals surface area contributed by atoms with Crippen LogP contribution in [0.1, 0.15) is 11.0 Å². The van der Waals surface area contributed by atoms with E-state index in [1.807, 2.05) is 17.5 Å². The lowest BCUT2D eigenvalue weighted by molar-refractivity contribution is 0.0768. The summed E-state index contributed by atoms with van der Waals surface area (Å²) in [7, 11) is 0. The van der Waals surface area contributed by atoms with Crippen molar-refractivity contribution in [2.45, 2.75) is 6.04 Å². The molecule has 2 heterocycles. The minimum Gasteiger partial charge on any atom is -0.378 e. The third-order valence-electron chi connectivity index (χ3n) is 2.97. The van der Waals surface area contributed by atoms with Crippen LogP contribution < -0.4 is 5.32 Å². The first-order valence-electron chi connectivity index (χ1n) is 5.96. The molecule has 19 heavy (non-hydrogen) atoms. The molecule has 3 rings (SSSR count). The molecule has 100 valence electrons. The van der Waals surface area contributed by atoms with Crippen molar-refractivity contribution in [2.75, 3.05) is 19.8 Å². The highest BCUT2D eigenvalue weighted by molar-refractivity contribution is 7.10. The standard InChI is InChI=1S/C13H12Cl2N2OS/c14-9-3-1-2-8(12(9)15)11-7-19-13(17-11)10-6-18-5-4-16-10/h1-3,7,10,16H,4-6H2. The van der Waals surface area contributed by atoms with Gasteiger partial charge in [0, 0.05) is 17.5 Å². The zero-order valence-corrected chi connectivity index (χ0v) is 12.4. The van der Waals surface area contributed by atoms with Crippen molar-refractivity contribution in [1.29, 1.82) is 0 Å². The SMILES string of the molecule is Clc1cccc(-c2csc(C3COCCN3)n2)c1Cl. The first kappa shape index (κ1) is 13.3. The van der Waals surface area contributed by atoms with Gasteiger partial charge in [-0.25, -0.2) is 4.98 Å². The Balaban J connectivity index is 1.90. The van der Waals surface area contributed by atoms with E-state index in [4.69, 9.17) is 27.9 Å². The van der Waals surface area contributed by atoms with Crippen LogP contribution in [-0.4, -0.2) is 24.7 Å². The van der Waals surface area contributed by atoms with E-state index in [0.29, 0.717) is 16.7 Å². The molecule has 0 aliphatic carbocycles. The lowest BCUT2D eigenvalue weighted by Gasteiger charge is -2.21. The normalized spacial score (nSPS) is 19.6. The predicted octanol–water partition coefficient (Wildman–Crippen LogP) is 3.78. The van der Waals surface area contributed by atoms with Gasteiger partial charge < -0.3 is 10.1 Å². The number of rotatable bonds is 2. The third kappa shape index (κ3) is 2.78. The van der Waals surface area contributed by atoms with Crippen LogP contribution in [0.3, 0.4) is 0 Å². The molecular weight excluding hydrogens is 303 g/mol. The van der Waals surface area contributed by atoms with Crippen molar-refractivity contribution in [2.24, 2.45) is 0 Å². The van der Waals surface area contributed by atoms with Gasteiger partial charge in [0.2, 0.25) is 0 Å². The maximum atomic E-state index is 6.22. The Hall–Kier alpha value is -0.650. The molecule has 0 radical (unpaired) electrons. The summed E-state index contributed by atoms with van der Waals surface area (Å²) in [6.45, 7) is 2.28. The van der Waals surface area contributed by atoms with Crippen molar-refractivity contribution < 1.29 is 4.74 Å². The molecule has 0 saturated carbocycles. The molecule has 1 unspecified atom stereocenters. The summed E-state index contributed by atoms with van der Waals surface area (Å²) in [4.78, 5) is 4.64. The van der Waals surface area contributed by atoms with Crippen LogP contribution in [0.5, 0.6) is 0 Å². The number of aromatic nitrogens is 1. The fourth-order valence-corrected chi connectivity index (χ4v) is 3.27. The number of halogens is 2. The summed E-state index contributed by atoms with van der Waals surface area (Å²) in [5.41, 5.74) is 1.73. The Morgan fingerprint density at radius 3 is 3.05 bits per heavy atom. The van der Waals surface area contributed by atoms with Crippen LogP contribution >= 0.6 is 34.5 Å². The number of thiazole rings is 1. The molecule has 1 aromatic heterocycles. The van der Waals surface area contributed by atoms with Gasteiger partial charge in [-0.15, -0.1) is 11.3 Å². The first-order chi connectivity index (χ1) is 9.25. The van der Waals surface area contributed by atoms with Crippen LogP contribution in [0.25, 0.3) is 11.3 Å². The van der Waals surface area contributed by atoms with Crippen molar-refractivity contribution in [3.8, 4) is 11.3 Å². The van der Waals surface area contributed by atoms with Gasteiger partial charge in [0.05, 0.1) is 35.0 Å². The highest BCUT2D eigenvalue weighted by Gasteiger charge is 2.19. The molecule has 0 spiro atoms. The minimum atomic E-state index is 0.172. The Labute approximate surface area is 125 Å². The highest BCUT2D eigenvalue weighted by Crippen LogP contribution is 2.34.